The van der Waals surface area contributed by atoms with Gasteiger partial charge >= 0.3 is 0 Å². The van der Waals surface area contributed by atoms with E-state index in [0.29, 0.717) is 6.54 Å². The van der Waals surface area contributed by atoms with Gasteiger partial charge in [0.1, 0.15) is 0 Å². The molecule has 28 heavy (non-hydrogen) atoms. The largest absolute Gasteiger partial charge is 0.355 e. The molecule has 0 saturated carbocycles. The summed E-state index contributed by atoms with van der Waals surface area (Å²) in [5.41, 5.74) is 2.27. The zero-order valence-corrected chi connectivity index (χ0v) is 18.2. The summed E-state index contributed by atoms with van der Waals surface area (Å²) in [6.45, 7) is 3.30. The van der Waals surface area contributed by atoms with Crippen molar-refractivity contribution in [2.75, 3.05) is 25.4 Å². The van der Waals surface area contributed by atoms with Gasteiger partial charge in [0.15, 0.2) is 0 Å². The molecule has 2 aromatic carbocycles. The van der Waals surface area contributed by atoms with E-state index in [2.05, 4.69) is 16.3 Å². The van der Waals surface area contributed by atoms with E-state index >= 15 is 0 Å². The Morgan fingerprint density at radius 1 is 1.07 bits per heavy atom. The van der Waals surface area contributed by atoms with Gasteiger partial charge in [-0.25, -0.2) is 0 Å². The highest BCUT2D eigenvalue weighted by atomic mass is 35.5. The molecule has 3 nitrogen and oxygen atoms in total. The minimum absolute atomic E-state index is 0.0600. The molecule has 1 atom stereocenters. The van der Waals surface area contributed by atoms with E-state index in [4.69, 9.17) is 23.2 Å². The van der Waals surface area contributed by atoms with Crippen LogP contribution in [0.4, 0.5) is 0 Å². The fourth-order valence-corrected chi connectivity index (χ4v) is 4.81. The van der Waals surface area contributed by atoms with E-state index in [-0.39, 0.29) is 11.8 Å². The van der Waals surface area contributed by atoms with Crippen molar-refractivity contribution in [3.05, 3.63) is 69.7 Å². The molecule has 1 unspecified atom stereocenters. The van der Waals surface area contributed by atoms with Gasteiger partial charge in [-0.05, 0) is 42.6 Å². The first-order valence-corrected chi connectivity index (χ1v) is 11.6. The number of rotatable bonds is 8. The summed E-state index contributed by atoms with van der Waals surface area (Å²) in [4.78, 5) is 14.9. The molecule has 0 bridgehead atoms. The normalized spacial score (nSPS) is 17.4. The number of benzene rings is 2. The zero-order valence-electron chi connectivity index (χ0n) is 15.9. The fourth-order valence-electron chi connectivity index (χ4n) is 3.47. The summed E-state index contributed by atoms with van der Waals surface area (Å²) in [6, 6.07) is 15.8. The number of carbonyl (C=O) groups is 1. The summed E-state index contributed by atoms with van der Waals surface area (Å²) in [7, 11) is 0. The van der Waals surface area contributed by atoms with Crippen LogP contribution in [0.2, 0.25) is 10.0 Å². The second-order valence-electron chi connectivity index (χ2n) is 7.10. The lowest BCUT2D eigenvalue weighted by atomic mass is 9.96. The van der Waals surface area contributed by atoms with Gasteiger partial charge in [0.25, 0.3) is 0 Å². The predicted molar refractivity (Wildman–Crippen MR) is 120 cm³/mol. The molecule has 1 aliphatic heterocycles. The van der Waals surface area contributed by atoms with E-state index in [1.165, 1.54) is 0 Å². The molecule has 1 N–H and O–H groups in total. The van der Waals surface area contributed by atoms with Crippen molar-refractivity contribution in [1.82, 2.24) is 10.2 Å². The number of likely N-dealkylation sites (tertiary alicyclic amines) is 1. The SMILES string of the molecule is O=C(NCCSCc1ccccc1Cl)C1CCCN(Cc2ccccc2Cl)C1. The molecule has 0 spiro atoms. The topological polar surface area (TPSA) is 32.3 Å². The van der Waals surface area contributed by atoms with E-state index in [9.17, 15) is 4.79 Å². The molecular formula is C22H26Cl2N2OS. The number of nitrogens with one attached hydrogen (secondary N) is 1. The van der Waals surface area contributed by atoms with Crippen LogP contribution in [0.25, 0.3) is 0 Å². The van der Waals surface area contributed by atoms with Gasteiger partial charge in [0.05, 0.1) is 5.92 Å². The minimum Gasteiger partial charge on any atom is -0.355 e. The third kappa shape index (κ3) is 6.41. The molecule has 3 rings (SSSR count). The lowest BCUT2D eigenvalue weighted by Gasteiger charge is -2.32. The van der Waals surface area contributed by atoms with Gasteiger partial charge in [0, 0.05) is 41.2 Å². The number of thioether (sulfide) groups is 1. The maximum atomic E-state index is 12.6. The van der Waals surface area contributed by atoms with E-state index < -0.39 is 0 Å². The second kappa shape index (κ2) is 11.1. The molecule has 1 fully saturated rings. The van der Waals surface area contributed by atoms with Crippen LogP contribution in [-0.4, -0.2) is 36.2 Å². The molecular weight excluding hydrogens is 411 g/mol. The van der Waals surface area contributed by atoms with Gasteiger partial charge in [-0.3, -0.25) is 9.69 Å². The summed E-state index contributed by atoms with van der Waals surface area (Å²) in [5, 5.41) is 4.70. The van der Waals surface area contributed by atoms with Crippen molar-refractivity contribution < 1.29 is 4.79 Å². The van der Waals surface area contributed by atoms with Crippen LogP contribution in [0.5, 0.6) is 0 Å². The Hall–Kier alpha value is -1.20. The van der Waals surface area contributed by atoms with Gasteiger partial charge in [0.2, 0.25) is 5.91 Å². The summed E-state index contributed by atoms with van der Waals surface area (Å²) >= 11 is 14.2. The lowest BCUT2D eigenvalue weighted by molar-refractivity contribution is -0.126. The quantitative estimate of drug-likeness (QED) is 0.573. The first-order chi connectivity index (χ1) is 13.6. The van der Waals surface area contributed by atoms with Crippen LogP contribution in [0.3, 0.4) is 0 Å². The molecule has 0 radical (unpaired) electrons. The van der Waals surface area contributed by atoms with Crippen molar-refractivity contribution in [3.8, 4) is 0 Å². The molecule has 1 amide bonds. The number of halogens is 2. The standard InChI is InChI=1S/C22H26Cl2N2OS/c23-20-9-3-1-6-17(20)14-26-12-5-8-18(15-26)22(27)25-11-13-28-16-19-7-2-4-10-21(19)24/h1-4,6-7,9-10,18H,5,8,11-16H2,(H,25,27). The van der Waals surface area contributed by atoms with Gasteiger partial charge in [-0.2, -0.15) is 11.8 Å². The van der Waals surface area contributed by atoms with Crippen molar-refractivity contribution in [2.45, 2.75) is 25.1 Å². The molecule has 2 aromatic rings. The first kappa shape index (κ1) is 21.5. The van der Waals surface area contributed by atoms with Crippen LogP contribution < -0.4 is 5.32 Å². The van der Waals surface area contributed by atoms with Crippen LogP contribution in [0.15, 0.2) is 48.5 Å². The highest BCUT2D eigenvalue weighted by molar-refractivity contribution is 7.98. The van der Waals surface area contributed by atoms with Gasteiger partial charge in [-0.1, -0.05) is 59.6 Å². The van der Waals surface area contributed by atoms with Crippen molar-refractivity contribution >= 4 is 40.9 Å². The Morgan fingerprint density at radius 3 is 2.46 bits per heavy atom. The third-order valence-electron chi connectivity index (χ3n) is 4.99. The Labute approximate surface area is 181 Å². The molecule has 1 heterocycles. The van der Waals surface area contributed by atoms with E-state index in [1.54, 1.807) is 11.8 Å². The highest BCUT2D eigenvalue weighted by Gasteiger charge is 2.25. The number of amides is 1. The first-order valence-electron chi connectivity index (χ1n) is 9.68. The number of hydrogen-bond donors (Lipinski definition) is 1. The molecule has 1 saturated heterocycles. The van der Waals surface area contributed by atoms with Crippen LogP contribution in [0, 0.1) is 5.92 Å². The average molecular weight is 437 g/mol. The van der Waals surface area contributed by atoms with Crippen LogP contribution in [0.1, 0.15) is 24.0 Å². The molecule has 6 heteroatoms. The van der Waals surface area contributed by atoms with Gasteiger partial charge < -0.3 is 5.32 Å². The van der Waals surface area contributed by atoms with Crippen molar-refractivity contribution in [1.29, 1.82) is 0 Å². The Kier molecular flexibility index (Phi) is 8.53. The van der Waals surface area contributed by atoms with Crippen LogP contribution in [-0.2, 0) is 17.1 Å². The highest BCUT2D eigenvalue weighted by Crippen LogP contribution is 2.23. The number of hydrogen-bond acceptors (Lipinski definition) is 3. The van der Waals surface area contributed by atoms with E-state index in [0.717, 1.165) is 65.2 Å². The molecule has 150 valence electrons. The van der Waals surface area contributed by atoms with Crippen molar-refractivity contribution in [2.24, 2.45) is 5.92 Å². The smallest absolute Gasteiger partial charge is 0.224 e. The van der Waals surface area contributed by atoms with E-state index in [1.807, 2.05) is 42.5 Å². The Morgan fingerprint density at radius 2 is 1.75 bits per heavy atom. The number of nitrogens with zero attached hydrogens (tertiary/aromatic N) is 1. The van der Waals surface area contributed by atoms with Gasteiger partial charge in [-0.15, -0.1) is 0 Å². The van der Waals surface area contributed by atoms with Crippen LogP contribution >= 0.6 is 35.0 Å². The molecule has 0 aromatic heterocycles. The summed E-state index contributed by atoms with van der Waals surface area (Å²) in [6.07, 6.45) is 2.00. The average Bonchev–Trinajstić information content (AvgIpc) is 2.71. The second-order valence-corrected chi connectivity index (χ2v) is 9.02. The third-order valence-corrected chi connectivity index (χ3v) is 6.73. The fraction of sp³-hybridized carbons (Fsp3) is 0.409. The van der Waals surface area contributed by atoms with Crippen molar-refractivity contribution in [3.63, 3.8) is 0 Å². The Bertz CT molecular complexity index is 787. The molecule has 0 aliphatic carbocycles. The maximum Gasteiger partial charge on any atom is 0.224 e. The Balaban J connectivity index is 1.38. The monoisotopic (exact) mass is 436 g/mol. The molecule has 1 aliphatic rings. The maximum absolute atomic E-state index is 12.6. The summed E-state index contributed by atoms with van der Waals surface area (Å²) in [5.74, 6) is 1.98. The summed E-state index contributed by atoms with van der Waals surface area (Å²) < 4.78 is 0. The number of piperidine rings is 1. The zero-order chi connectivity index (χ0) is 19.8. The predicted octanol–water partition coefficient (Wildman–Crippen LogP) is 5.26. The minimum atomic E-state index is 0.0600. The lowest BCUT2D eigenvalue weighted by Crippen LogP contribution is -2.43. The number of carbonyl (C=O) groups excluding carboxylic acids is 1.